The van der Waals surface area contributed by atoms with Gasteiger partial charge in [0, 0.05) is 0 Å². The average Bonchev–Trinajstić information content (AvgIpc) is 3.35. The number of hydrogen-bond acceptors (Lipinski definition) is 0. The first-order valence-corrected chi connectivity index (χ1v) is 12.7. The van der Waals surface area contributed by atoms with Crippen molar-refractivity contribution in [3.63, 3.8) is 0 Å². The van der Waals surface area contributed by atoms with Gasteiger partial charge in [-0.25, -0.2) is 0 Å². The molecule has 0 aliphatic heterocycles. The van der Waals surface area contributed by atoms with Crippen molar-refractivity contribution in [3.05, 3.63) is 100 Å². The van der Waals surface area contributed by atoms with Crippen molar-refractivity contribution >= 4 is 35.8 Å². The third-order valence-corrected chi connectivity index (χ3v) is 11.1. The van der Waals surface area contributed by atoms with Crippen molar-refractivity contribution in [2.75, 3.05) is 0 Å². The first-order valence-electron chi connectivity index (χ1n) is 10.2. The van der Waals surface area contributed by atoms with E-state index in [1.165, 1.54) is 27.4 Å². The van der Waals surface area contributed by atoms with Crippen LogP contribution in [0.3, 0.4) is 0 Å². The van der Waals surface area contributed by atoms with Crippen LogP contribution in [0.2, 0.25) is 6.55 Å². The van der Waals surface area contributed by atoms with E-state index in [-0.39, 0.29) is 0 Å². The standard InChI is InChI=1S/C27H26Si/c1-19-15-21-9-7-13-24(21)26(17-19)28(3,23-11-5-4-6-12-23)27-18-20(2)16-22-10-8-14-25(22)27/h4-12,15-18H,13-14H2,1-3H3. The van der Waals surface area contributed by atoms with Gasteiger partial charge < -0.3 is 0 Å². The molecule has 0 amide bonds. The van der Waals surface area contributed by atoms with Crippen molar-refractivity contribution in [1.82, 2.24) is 0 Å². The van der Waals surface area contributed by atoms with Crippen LogP contribution in [0.5, 0.6) is 0 Å². The number of aryl methyl sites for hydroxylation is 2. The first kappa shape index (κ1) is 17.5. The lowest BCUT2D eigenvalue weighted by Crippen LogP contribution is -2.66. The molecule has 0 N–H and O–H groups in total. The lowest BCUT2D eigenvalue weighted by atomic mass is 10.1. The van der Waals surface area contributed by atoms with Crippen LogP contribution in [0.1, 0.15) is 33.4 Å². The molecule has 0 radical (unpaired) electrons. The van der Waals surface area contributed by atoms with Crippen LogP contribution in [0.4, 0.5) is 0 Å². The van der Waals surface area contributed by atoms with Crippen molar-refractivity contribution < 1.29 is 0 Å². The maximum atomic E-state index is 2.57. The molecule has 0 aromatic heterocycles. The van der Waals surface area contributed by atoms with E-state index in [0.717, 1.165) is 12.8 Å². The summed E-state index contributed by atoms with van der Waals surface area (Å²) >= 11 is 0. The molecule has 3 aromatic carbocycles. The Balaban J connectivity index is 1.86. The fraction of sp³-hybridized carbons (Fsp3) is 0.185. The topological polar surface area (TPSA) is 0 Å². The Bertz CT molecular complexity index is 1060. The smallest absolute Gasteiger partial charge is 0.0795 e. The third-order valence-electron chi connectivity index (χ3n) is 6.52. The molecule has 0 atom stereocenters. The molecule has 0 nitrogen and oxygen atoms in total. The maximum Gasteiger partial charge on any atom is 0.146 e. The van der Waals surface area contributed by atoms with Crippen LogP contribution < -0.4 is 15.6 Å². The minimum atomic E-state index is -2.13. The first-order chi connectivity index (χ1) is 13.6. The van der Waals surface area contributed by atoms with E-state index < -0.39 is 8.07 Å². The molecule has 0 bridgehead atoms. The number of rotatable bonds is 3. The number of fused-ring (bicyclic) bond motifs is 2. The lowest BCUT2D eigenvalue weighted by molar-refractivity contribution is 1.30. The van der Waals surface area contributed by atoms with Gasteiger partial charge in [0.2, 0.25) is 0 Å². The lowest BCUT2D eigenvalue weighted by Gasteiger charge is -2.34. The summed E-state index contributed by atoms with van der Waals surface area (Å²) in [6, 6.07) is 21.0. The van der Waals surface area contributed by atoms with Gasteiger partial charge in [-0.2, -0.15) is 0 Å². The molecule has 28 heavy (non-hydrogen) atoms. The quantitative estimate of drug-likeness (QED) is 0.464. The zero-order chi connectivity index (χ0) is 19.3. The fourth-order valence-corrected chi connectivity index (χ4v) is 9.67. The minimum Gasteiger partial charge on any atom is -0.0795 e. The summed E-state index contributed by atoms with van der Waals surface area (Å²) in [6.45, 7) is 7.07. The molecule has 0 saturated carbocycles. The Morgan fingerprint density at radius 3 is 1.68 bits per heavy atom. The summed E-state index contributed by atoms with van der Waals surface area (Å²) in [4.78, 5) is 0. The average molecular weight is 379 g/mol. The summed E-state index contributed by atoms with van der Waals surface area (Å²) in [5, 5.41) is 4.70. The second kappa shape index (κ2) is 6.46. The summed E-state index contributed by atoms with van der Waals surface area (Å²) in [5.74, 6) is 0. The Morgan fingerprint density at radius 2 is 1.18 bits per heavy atom. The Morgan fingerprint density at radius 1 is 0.679 bits per heavy atom. The van der Waals surface area contributed by atoms with Crippen LogP contribution in [-0.4, -0.2) is 8.07 Å². The normalized spacial score (nSPS) is 14.4. The van der Waals surface area contributed by atoms with Gasteiger partial charge in [-0.15, -0.1) is 0 Å². The van der Waals surface area contributed by atoms with Gasteiger partial charge in [0.15, 0.2) is 0 Å². The van der Waals surface area contributed by atoms with Crippen molar-refractivity contribution in [1.29, 1.82) is 0 Å². The molecule has 2 aliphatic carbocycles. The number of allylic oxidation sites excluding steroid dienone is 2. The highest BCUT2D eigenvalue weighted by Gasteiger charge is 2.39. The van der Waals surface area contributed by atoms with Crippen molar-refractivity contribution in [3.8, 4) is 0 Å². The number of hydrogen-bond donors (Lipinski definition) is 0. The molecule has 2 aliphatic rings. The van der Waals surface area contributed by atoms with Crippen LogP contribution in [0, 0.1) is 13.8 Å². The van der Waals surface area contributed by atoms with E-state index in [0.29, 0.717) is 0 Å². The van der Waals surface area contributed by atoms with E-state index in [4.69, 9.17) is 0 Å². The predicted octanol–water partition coefficient (Wildman–Crippen LogP) is 4.54. The molecule has 3 aromatic rings. The highest BCUT2D eigenvalue weighted by molar-refractivity contribution is 7.11. The summed E-state index contributed by atoms with van der Waals surface area (Å²) in [7, 11) is -2.13. The molecule has 1 heteroatoms. The maximum absolute atomic E-state index is 2.57. The minimum absolute atomic E-state index is 1.06. The third kappa shape index (κ3) is 2.57. The summed E-state index contributed by atoms with van der Waals surface area (Å²) in [5.41, 5.74) is 8.68. The van der Waals surface area contributed by atoms with Crippen molar-refractivity contribution in [2.45, 2.75) is 33.2 Å². The van der Waals surface area contributed by atoms with Gasteiger partial charge in [-0.3, -0.25) is 0 Å². The molecule has 0 saturated heterocycles. The van der Waals surface area contributed by atoms with Crippen molar-refractivity contribution in [2.24, 2.45) is 0 Å². The zero-order valence-corrected chi connectivity index (χ0v) is 17.9. The van der Waals surface area contributed by atoms with E-state index in [1.807, 2.05) is 0 Å². The molecule has 0 fully saturated rings. The fourth-order valence-electron chi connectivity index (χ4n) is 5.17. The van der Waals surface area contributed by atoms with E-state index in [9.17, 15) is 0 Å². The van der Waals surface area contributed by atoms with Crippen LogP contribution in [0.15, 0.2) is 66.7 Å². The van der Waals surface area contributed by atoms with Crippen LogP contribution in [0.25, 0.3) is 12.2 Å². The number of benzene rings is 3. The van der Waals surface area contributed by atoms with Crippen LogP contribution in [-0.2, 0) is 12.8 Å². The van der Waals surface area contributed by atoms with Gasteiger partial charge >= 0.3 is 0 Å². The monoisotopic (exact) mass is 378 g/mol. The molecular weight excluding hydrogens is 352 g/mol. The summed E-state index contributed by atoms with van der Waals surface area (Å²) < 4.78 is 0. The second-order valence-electron chi connectivity index (χ2n) is 8.46. The summed E-state index contributed by atoms with van der Waals surface area (Å²) in [6.07, 6.45) is 11.4. The highest BCUT2D eigenvalue weighted by Crippen LogP contribution is 2.26. The molecule has 0 spiro atoms. The molecule has 5 rings (SSSR count). The molecule has 138 valence electrons. The molecular formula is C27H26Si. The SMILES string of the molecule is Cc1cc2c(c([Si](C)(c3ccccc3)c3cc(C)cc4c3CC=C4)c1)CC=C2. The van der Waals surface area contributed by atoms with Gasteiger partial charge in [0.05, 0.1) is 0 Å². The molecule has 0 heterocycles. The van der Waals surface area contributed by atoms with Gasteiger partial charge in [-0.1, -0.05) is 96.6 Å². The Hall–Kier alpha value is -2.64. The molecule has 0 unspecified atom stereocenters. The van der Waals surface area contributed by atoms with E-state index in [1.54, 1.807) is 21.5 Å². The van der Waals surface area contributed by atoms with E-state index in [2.05, 4.69) is 99.3 Å². The van der Waals surface area contributed by atoms with Crippen LogP contribution >= 0.6 is 0 Å². The van der Waals surface area contributed by atoms with Gasteiger partial charge in [0.25, 0.3) is 0 Å². The Kier molecular flexibility index (Phi) is 4.03. The largest absolute Gasteiger partial charge is 0.146 e. The zero-order valence-electron chi connectivity index (χ0n) is 16.9. The Labute approximate surface area is 169 Å². The van der Waals surface area contributed by atoms with E-state index >= 15 is 0 Å². The van der Waals surface area contributed by atoms with Gasteiger partial charge in [0.1, 0.15) is 8.07 Å². The second-order valence-corrected chi connectivity index (χ2v) is 12.4. The predicted molar refractivity (Wildman–Crippen MR) is 125 cm³/mol. The van der Waals surface area contributed by atoms with Gasteiger partial charge in [-0.05, 0) is 64.5 Å². The highest BCUT2D eigenvalue weighted by atomic mass is 28.3.